The molecule has 1 saturated heterocycles. The van der Waals surface area contributed by atoms with Crippen LogP contribution in [0, 0.1) is 5.92 Å². The van der Waals surface area contributed by atoms with Crippen molar-refractivity contribution in [3.05, 3.63) is 0 Å². The second kappa shape index (κ2) is 7.44. The second-order valence-corrected chi connectivity index (χ2v) is 6.90. The van der Waals surface area contributed by atoms with E-state index in [-0.39, 0.29) is 5.54 Å². The zero-order valence-electron chi connectivity index (χ0n) is 13.1. The first-order valence-electron chi connectivity index (χ1n) is 8.63. The van der Waals surface area contributed by atoms with E-state index in [1.165, 1.54) is 51.4 Å². The number of carboxylic acid groups (broad SMARTS) is 1. The SMILES string of the molecule is CCC1CCCC(CC(=O)O)(N2CCCCCC2)CC1. The van der Waals surface area contributed by atoms with Crippen molar-refractivity contribution in [3.8, 4) is 0 Å². The van der Waals surface area contributed by atoms with Crippen LogP contribution in [-0.2, 0) is 4.79 Å². The lowest BCUT2D eigenvalue weighted by Crippen LogP contribution is -2.50. The normalized spacial score (nSPS) is 33.4. The number of aliphatic carboxylic acids is 1. The molecule has 2 atom stereocenters. The predicted octanol–water partition coefficient (Wildman–Crippen LogP) is 4.07. The Bertz CT molecular complexity index is 310. The Morgan fingerprint density at radius 3 is 2.40 bits per heavy atom. The number of hydrogen-bond donors (Lipinski definition) is 1. The van der Waals surface area contributed by atoms with Gasteiger partial charge >= 0.3 is 5.97 Å². The van der Waals surface area contributed by atoms with E-state index in [4.69, 9.17) is 0 Å². The van der Waals surface area contributed by atoms with Gasteiger partial charge in [0.05, 0.1) is 6.42 Å². The van der Waals surface area contributed by atoms with Gasteiger partial charge in [-0.3, -0.25) is 9.69 Å². The third-order valence-corrected chi connectivity index (χ3v) is 5.61. The Labute approximate surface area is 123 Å². The summed E-state index contributed by atoms with van der Waals surface area (Å²) in [6.07, 6.45) is 12.7. The smallest absolute Gasteiger partial charge is 0.305 e. The summed E-state index contributed by atoms with van der Waals surface area (Å²) in [5, 5.41) is 9.42. The molecule has 1 N–H and O–H groups in total. The first kappa shape index (κ1) is 15.8. The standard InChI is InChI=1S/C17H31NO2/c1-2-15-8-7-10-17(11-9-15,14-16(19)20)18-12-5-3-4-6-13-18/h15H,2-14H2,1H3,(H,19,20). The molecule has 20 heavy (non-hydrogen) atoms. The summed E-state index contributed by atoms with van der Waals surface area (Å²) in [4.78, 5) is 14.0. The molecule has 1 aliphatic heterocycles. The van der Waals surface area contributed by atoms with Crippen molar-refractivity contribution in [1.29, 1.82) is 0 Å². The van der Waals surface area contributed by atoms with Crippen molar-refractivity contribution in [3.63, 3.8) is 0 Å². The molecule has 0 bridgehead atoms. The van der Waals surface area contributed by atoms with Gasteiger partial charge in [-0.1, -0.05) is 39.0 Å². The molecule has 2 unspecified atom stereocenters. The number of carbonyl (C=O) groups is 1. The van der Waals surface area contributed by atoms with E-state index in [0.29, 0.717) is 6.42 Å². The molecular weight excluding hydrogens is 250 g/mol. The Hall–Kier alpha value is -0.570. The van der Waals surface area contributed by atoms with E-state index in [2.05, 4.69) is 11.8 Å². The summed E-state index contributed by atoms with van der Waals surface area (Å²) in [7, 11) is 0. The third kappa shape index (κ3) is 3.97. The van der Waals surface area contributed by atoms with Crippen molar-refractivity contribution >= 4 is 5.97 Å². The molecule has 1 heterocycles. The van der Waals surface area contributed by atoms with E-state index in [1.54, 1.807) is 0 Å². The summed E-state index contributed by atoms with van der Waals surface area (Å²) >= 11 is 0. The lowest BCUT2D eigenvalue weighted by Gasteiger charge is -2.43. The average molecular weight is 281 g/mol. The molecule has 3 heteroatoms. The van der Waals surface area contributed by atoms with Gasteiger partial charge in [0.25, 0.3) is 0 Å². The first-order chi connectivity index (χ1) is 9.66. The molecular formula is C17H31NO2. The Balaban J connectivity index is 2.13. The molecule has 2 aliphatic rings. The van der Waals surface area contributed by atoms with E-state index >= 15 is 0 Å². The highest BCUT2D eigenvalue weighted by Gasteiger charge is 2.40. The first-order valence-corrected chi connectivity index (χ1v) is 8.63. The highest BCUT2D eigenvalue weighted by Crippen LogP contribution is 2.39. The van der Waals surface area contributed by atoms with Crippen LogP contribution in [0.15, 0.2) is 0 Å². The highest BCUT2D eigenvalue weighted by molar-refractivity contribution is 5.68. The van der Waals surface area contributed by atoms with Gasteiger partial charge in [-0.25, -0.2) is 0 Å². The van der Waals surface area contributed by atoms with Crippen LogP contribution in [-0.4, -0.2) is 34.6 Å². The molecule has 2 rings (SSSR count). The van der Waals surface area contributed by atoms with Gasteiger partial charge in [-0.2, -0.15) is 0 Å². The fraction of sp³-hybridized carbons (Fsp3) is 0.941. The van der Waals surface area contributed by atoms with Gasteiger partial charge in [0.2, 0.25) is 0 Å². The van der Waals surface area contributed by atoms with Crippen molar-refractivity contribution < 1.29 is 9.90 Å². The molecule has 116 valence electrons. The lowest BCUT2D eigenvalue weighted by atomic mass is 9.84. The van der Waals surface area contributed by atoms with Gasteiger partial charge < -0.3 is 5.11 Å². The fourth-order valence-corrected chi connectivity index (χ4v) is 4.30. The van der Waals surface area contributed by atoms with Crippen LogP contribution in [0.3, 0.4) is 0 Å². The monoisotopic (exact) mass is 281 g/mol. The minimum absolute atomic E-state index is 0.0416. The molecule has 0 radical (unpaired) electrons. The second-order valence-electron chi connectivity index (χ2n) is 6.90. The van der Waals surface area contributed by atoms with Crippen LogP contribution >= 0.6 is 0 Å². The van der Waals surface area contributed by atoms with Gasteiger partial charge in [0.1, 0.15) is 0 Å². The number of carboxylic acids is 1. The minimum Gasteiger partial charge on any atom is -0.481 e. The Morgan fingerprint density at radius 2 is 1.80 bits per heavy atom. The minimum atomic E-state index is -0.607. The van der Waals surface area contributed by atoms with Crippen molar-refractivity contribution in [1.82, 2.24) is 4.90 Å². The molecule has 2 fully saturated rings. The van der Waals surface area contributed by atoms with Gasteiger partial charge in [0, 0.05) is 5.54 Å². The largest absolute Gasteiger partial charge is 0.481 e. The maximum absolute atomic E-state index is 11.4. The molecule has 1 aliphatic carbocycles. The average Bonchev–Trinajstić information content (AvgIpc) is 2.79. The highest BCUT2D eigenvalue weighted by atomic mass is 16.4. The maximum atomic E-state index is 11.4. The summed E-state index contributed by atoms with van der Waals surface area (Å²) < 4.78 is 0. The van der Waals surface area contributed by atoms with E-state index in [0.717, 1.165) is 31.8 Å². The maximum Gasteiger partial charge on any atom is 0.305 e. The van der Waals surface area contributed by atoms with E-state index in [1.807, 2.05) is 0 Å². The number of hydrogen-bond acceptors (Lipinski definition) is 2. The molecule has 0 aromatic rings. The third-order valence-electron chi connectivity index (χ3n) is 5.61. The van der Waals surface area contributed by atoms with Crippen LogP contribution in [0.5, 0.6) is 0 Å². The number of nitrogens with zero attached hydrogens (tertiary/aromatic N) is 1. The van der Waals surface area contributed by atoms with Gasteiger partial charge in [-0.05, 0) is 51.1 Å². The molecule has 0 aromatic carbocycles. The number of rotatable bonds is 4. The summed E-state index contributed by atoms with van der Waals surface area (Å²) in [5.41, 5.74) is -0.0416. The van der Waals surface area contributed by atoms with Crippen molar-refractivity contribution in [2.75, 3.05) is 13.1 Å². The topological polar surface area (TPSA) is 40.5 Å². The Morgan fingerprint density at radius 1 is 1.10 bits per heavy atom. The zero-order valence-corrected chi connectivity index (χ0v) is 13.1. The zero-order chi connectivity index (χ0) is 14.4. The number of likely N-dealkylation sites (tertiary alicyclic amines) is 1. The van der Waals surface area contributed by atoms with Crippen molar-refractivity contribution in [2.45, 2.75) is 83.1 Å². The molecule has 0 amide bonds. The van der Waals surface area contributed by atoms with Crippen molar-refractivity contribution in [2.24, 2.45) is 5.92 Å². The van der Waals surface area contributed by atoms with Crippen LogP contribution in [0.2, 0.25) is 0 Å². The molecule has 1 saturated carbocycles. The quantitative estimate of drug-likeness (QED) is 0.790. The van der Waals surface area contributed by atoms with Crippen LogP contribution in [0.1, 0.15) is 77.6 Å². The molecule has 3 nitrogen and oxygen atoms in total. The summed E-state index contributed by atoms with van der Waals surface area (Å²) in [6, 6.07) is 0. The molecule has 0 spiro atoms. The fourth-order valence-electron chi connectivity index (χ4n) is 4.30. The molecule has 0 aromatic heterocycles. The lowest BCUT2D eigenvalue weighted by molar-refractivity contribution is -0.141. The van der Waals surface area contributed by atoms with Gasteiger partial charge in [-0.15, -0.1) is 0 Å². The van der Waals surface area contributed by atoms with Crippen LogP contribution < -0.4 is 0 Å². The van der Waals surface area contributed by atoms with E-state index < -0.39 is 5.97 Å². The summed E-state index contributed by atoms with van der Waals surface area (Å²) in [5.74, 6) is 0.210. The van der Waals surface area contributed by atoms with Crippen LogP contribution in [0.4, 0.5) is 0 Å². The Kier molecular flexibility index (Phi) is 5.88. The van der Waals surface area contributed by atoms with Gasteiger partial charge in [0.15, 0.2) is 0 Å². The summed E-state index contributed by atoms with van der Waals surface area (Å²) in [6.45, 7) is 4.51. The van der Waals surface area contributed by atoms with E-state index in [9.17, 15) is 9.90 Å². The predicted molar refractivity (Wildman–Crippen MR) is 81.9 cm³/mol. The van der Waals surface area contributed by atoms with Crippen LogP contribution in [0.25, 0.3) is 0 Å².